The summed E-state index contributed by atoms with van der Waals surface area (Å²) in [5.41, 5.74) is 1.65. The van der Waals surface area contributed by atoms with Crippen molar-refractivity contribution >= 4 is 10.8 Å². The third kappa shape index (κ3) is 1.92. The highest BCUT2D eigenvalue weighted by Gasteiger charge is 2.39. The maximum absolute atomic E-state index is 5.47. The molecular formula is C16H19NO. The third-order valence-corrected chi connectivity index (χ3v) is 3.97. The van der Waals surface area contributed by atoms with E-state index in [1.165, 1.54) is 16.3 Å². The second kappa shape index (κ2) is 4.71. The van der Waals surface area contributed by atoms with Gasteiger partial charge < -0.3 is 10.1 Å². The summed E-state index contributed by atoms with van der Waals surface area (Å²) in [5.74, 6) is 0. The van der Waals surface area contributed by atoms with Gasteiger partial charge in [0.15, 0.2) is 0 Å². The zero-order chi connectivity index (χ0) is 12.4. The van der Waals surface area contributed by atoms with Gasteiger partial charge in [-0.2, -0.15) is 0 Å². The maximum Gasteiger partial charge on any atom is 0.0586 e. The Hall–Kier alpha value is -1.38. The Bertz CT molecular complexity index is 546. The van der Waals surface area contributed by atoms with Crippen LogP contribution in [0.25, 0.3) is 10.8 Å². The highest BCUT2D eigenvalue weighted by atomic mass is 16.5. The minimum Gasteiger partial charge on any atom is -0.379 e. The van der Waals surface area contributed by atoms with Gasteiger partial charge in [-0.3, -0.25) is 0 Å². The molecule has 3 rings (SSSR count). The number of hydrogen-bond donors (Lipinski definition) is 1. The van der Waals surface area contributed by atoms with E-state index >= 15 is 0 Å². The third-order valence-electron chi connectivity index (χ3n) is 3.97. The van der Waals surface area contributed by atoms with Crippen molar-refractivity contribution in [3.63, 3.8) is 0 Å². The molecule has 0 bridgehead atoms. The van der Waals surface area contributed by atoms with Crippen LogP contribution >= 0.6 is 0 Å². The molecule has 0 spiro atoms. The molecule has 2 aromatic carbocycles. The van der Waals surface area contributed by atoms with Crippen molar-refractivity contribution in [2.75, 3.05) is 26.8 Å². The van der Waals surface area contributed by atoms with Crippen LogP contribution in [0.5, 0.6) is 0 Å². The predicted octanol–water partition coefficient (Wildman–Crippen LogP) is 2.72. The van der Waals surface area contributed by atoms with E-state index in [9.17, 15) is 0 Å². The fraction of sp³-hybridized carbons (Fsp3) is 0.375. The molecular weight excluding hydrogens is 222 g/mol. The molecule has 0 saturated carbocycles. The van der Waals surface area contributed by atoms with E-state index in [0.29, 0.717) is 0 Å². The number of ether oxygens (including phenoxy) is 1. The SMILES string of the molecule is CNCCC1(c2ccc3ccccc3c2)COC1. The topological polar surface area (TPSA) is 21.3 Å². The summed E-state index contributed by atoms with van der Waals surface area (Å²) in [4.78, 5) is 0. The Balaban J connectivity index is 1.97. The smallest absolute Gasteiger partial charge is 0.0586 e. The van der Waals surface area contributed by atoms with Gasteiger partial charge in [-0.25, -0.2) is 0 Å². The Kier molecular flexibility index (Phi) is 3.06. The van der Waals surface area contributed by atoms with E-state index in [-0.39, 0.29) is 5.41 Å². The summed E-state index contributed by atoms with van der Waals surface area (Å²) >= 11 is 0. The highest BCUT2D eigenvalue weighted by molar-refractivity contribution is 5.83. The van der Waals surface area contributed by atoms with Crippen LogP contribution in [-0.4, -0.2) is 26.8 Å². The fourth-order valence-electron chi connectivity index (χ4n) is 2.69. The van der Waals surface area contributed by atoms with Crippen LogP contribution in [0.4, 0.5) is 0 Å². The molecule has 0 aliphatic carbocycles. The molecule has 0 amide bonds. The van der Waals surface area contributed by atoms with Gasteiger partial charge in [-0.15, -0.1) is 0 Å². The first-order chi connectivity index (χ1) is 8.84. The van der Waals surface area contributed by atoms with Crippen LogP contribution in [-0.2, 0) is 10.2 Å². The van der Waals surface area contributed by atoms with Crippen LogP contribution in [0.3, 0.4) is 0 Å². The van der Waals surface area contributed by atoms with Gasteiger partial charge in [0.25, 0.3) is 0 Å². The lowest BCUT2D eigenvalue weighted by atomic mass is 9.75. The zero-order valence-corrected chi connectivity index (χ0v) is 10.8. The number of rotatable bonds is 4. The van der Waals surface area contributed by atoms with E-state index in [2.05, 4.69) is 47.8 Å². The van der Waals surface area contributed by atoms with Crippen molar-refractivity contribution in [1.29, 1.82) is 0 Å². The summed E-state index contributed by atoms with van der Waals surface area (Å²) in [6.07, 6.45) is 1.14. The first-order valence-corrected chi connectivity index (χ1v) is 6.56. The molecule has 2 aromatic rings. The van der Waals surface area contributed by atoms with Gasteiger partial charge in [0.1, 0.15) is 0 Å². The van der Waals surface area contributed by atoms with Gasteiger partial charge >= 0.3 is 0 Å². The van der Waals surface area contributed by atoms with Crippen molar-refractivity contribution in [3.05, 3.63) is 48.0 Å². The summed E-state index contributed by atoms with van der Waals surface area (Å²) in [5, 5.41) is 5.88. The molecule has 2 heteroatoms. The first-order valence-electron chi connectivity index (χ1n) is 6.56. The largest absolute Gasteiger partial charge is 0.379 e. The lowest BCUT2D eigenvalue weighted by Gasteiger charge is -2.42. The standard InChI is InChI=1S/C16H19NO/c1-17-9-8-16(11-18-12-16)15-7-6-13-4-2-3-5-14(13)10-15/h2-7,10,17H,8-9,11-12H2,1H3. The molecule has 18 heavy (non-hydrogen) atoms. The zero-order valence-electron chi connectivity index (χ0n) is 10.8. The van der Waals surface area contributed by atoms with Gasteiger partial charge in [0.2, 0.25) is 0 Å². The van der Waals surface area contributed by atoms with Crippen molar-refractivity contribution in [2.45, 2.75) is 11.8 Å². The normalized spacial score (nSPS) is 17.6. The number of benzene rings is 2. The van der Waals surface area contributed by atoms with E-state index in [1.807, 2.05) is 7.05 Å². The molecule has 1 fully saturated rings. The van der Waals surface area contributed by atoms with E-state index in [4.69, 9.17) is 4.74 Å². The summed E-state index contributed by atoms with van der Waals surface area (Å²) in [6, 6.07) is 15.4. The van der Waals surface area contributed by atoms with Crippen LogP contribution in [0.15, 0.2) is 42.5 Å². The quantitative estimate of drug-likeness (QED) is 0.888. The molecule has 0 unspecified atom stereocenters. The van der Waals surface area contributed by atoms with E-state index in [0.717, 1.165) is 26.2 Å². The average molecular weight is 241 g/mol. The van der Waals surface area contributed by atoms with Crippen molar-refractivity contribution in [2.24, 2.45) is 0 Å². The molecule has 94 valence electrons. The minimum atomic E-state index is 0.229. The molecule has 1 heterocycles. The Labute approximate surface area is 108 Å². The lowest BCUT2D eigenvalue weighted by Crippen LogP contribution is -2.48. The lowest BCUT2D eigenvalue weighted by molar-refractivity contribution is -0.0637. The molecule has 0 radical (unpaired) electrons. The summed E-state index contributed by atoms with van der Waals surface area (Å²) in [7, 11) is 2.01. The van der Waals surface area contributed by atoms with Gasteiger partial charge in [0.05, 0.1) is 13.2 Å². The molecule has 0 atom stereocenters. The Morgan fingerprint density at radius 2 is 1.89 bits per heavy atom. The second-order valence-electron chi connectivity index (χ2n) is 5.19. The molecule has 1 N–H and O–H groups in total. The van der Waals surface area contributed by atoms with Crippen molar-refractivity contribution in [3.8, 4) is 0 Å². The van der Waals surface area contributed by atoms with E-state index in [1.54, 1.807) is 0 Å². The maximum atomic E-state index is 5.47. The monoisotopic (exact) mass is 241 g/mol. The van der Waals surface area contributed by atoms with Gasteiger partial charge in [-0.1, -0.05) is 42.5 Å². The molecule has 1 saturated heterocycles. The van der Waals surface area contributed by atoms with Gasteiger partial charge in [-0.05, 0) is 36.3 Å². The fourth-order valence-corrected chi connectivity index (χ4v) is 2.69. The van der Waals surface area contributed by atoms with Crippen LogP contribution < -0.4 is 5.32 Å². The summed E-state index contributed by atoms with van der Waals surface area (Å²) in [6.45, 7) is 2.75. The predicted molar refractivity (Wildman–Crippen MR) is 75.0 cm³/mol. The second-order valence-corrected chi connectivity index (χ2v) is 5.19. The number of fused-ring (bicyclic) bond motifs is 1. The molecule has 1 aliphatic heterocycles. The van der Waals surface area contributed by atoms with Crippen molar-refractivity contribution < 1.29 is 4.74 Å². The van der Waals surface area contributed by atoms with E-state index < -0.39 is 0 Å². The molecule has 0 aromatic heterocycles. The number of hydrogen-bond acceptors (Lipinski definition) is 2. The number of nitrogens with one attached hydrogen (secondary N) is 1. The van der Waals surface area contributed by atoms with Crippen LogP contribution in [0.2, 0.25) is 0 Å². The first kappa shape index (κ1) is 11.7. The Morgan fingerprint density at radius 1 is 1.11 bits per heavy atom. The van der Waals surface area contributed by atoms with Crippen molar-refractivity contribution in [1.82, 2.24) is 5.32 Å². The van der Waals surface area contributed by atoms with Gasteiger partial charge in [0, 0.05) is 5.41 Å². The molecule has 1 aliphatic rings. The minimum absolute atomic E-state index is 0.229. The molecule has 2 nitrogen and oxygen atoms in total. The van der Waals surface area contributed by atoms with Crippen LogP contribution in [0.1, 0.15) is 12.0 Å². The highest BCUT2D eigenvalue weighted by Crippen LogP contribution is 2.36. The van der Waals surface area contributed by atoms with Crippen LogP contribution in [0, 0.1) is 0 Å². The average Bonchev–Trinajstić information content (AvgIpc) is 2.37. The summed E-state index contributed by atoms with van der Waals surface area (Å²) < 4.78 is 5.47. The Morgan fingerprint density at radius 3 is 2.56 bits per heavy atom.